The van der Waals surface area contributed by atoms with Gasteiger partial charge in [0.25, 0.3) is 18.5 Å². The van der Waals surface area contributed by atoms with Crippen molar-refractivity contribution in [3.8, 4) is 5.75 Å². The number of aliphatic hydroxyl groups is 1. The molecule has 1 aliphatic heterocycles. The third kappa shape index (κ3) is 9.38. The lowest BCUT2D eigenvalue weighted by Gasteiger charge is -2.50. The van der Waals surface area contributed by atoms with Gasteiger partial charge in [-0.3, -0.25) is 0 Å². The molecule has 10 nitrogen and oxygen atoms in total. The lowest BCUT2D eigenvalue weighted by Crippen LogP contribution is -2.68. The van der Waals surface area contributed by atoms with E-state index in [0.717, 1.165) is 36.4 Å². The molecule has 4 aromatic carbocycles. The molecule has 0 amide bonds. The molecule has 13 heteroatoms. The van der Waals surface area contributed by atoms with Crippen LogP contribution >= 0.6 is 11.6 Å². The molecule has 7 rings (SSSR count). The Labute approximate surface area is 386 Å². The Morgan fingerprint density at radius 3 is 2.31 bits per heavy atom. The number of rotatable bonds is 17. The van der Waals surface area contributed by atoms with E-state index >= 15 is 0 Å². The Balaban J connectivity index is 1.30. The highest BCUT2D eigenvalue weighted by atomic mass is 35.5. The van der Waals surface area contributed by atoms with Crippen molar-refractivity contribution in [3.63, 3.8) is 0 Å². The van der Waals surface area contributed by atoms with Gasteiger partial charge in [0.05, 0.1) is 32.1 Å². The second-order valence-electron chi connectivity index (χ2n) is 18.9. The fraction of sp³-hybridized carbons (Fsp3) is 0.431. The summed E-state index contributed by atoms with van der Waals surface area (Å²) in [4.78, 5) is 16.1. The first-order chi connectivity index (χ1) is 30.5. The monoisotopic (exact) mass is 925 g/mol. The normalized spacial score (nSPS) is 21.3. The van der Waals surface area contributed by atoms with Crippen LogP contribution in [0.5, 0.6) is 5.75 Å². The van der Waals surface area contributed by atoms with E-state index in [2.05, 4.69) is 112 Å². The number of nitrogens with zero attached hydrogens (tertiary/aromatic N) is 2. The van der Waals surface area contributed by atoms with Gasteiger partial charge in [0.2, 0.25) is 5.60 Å². The highest BCUT2D eigenvalue weighted by molar-refractivity contribution is 7.86. The minimum absolute atomic E-state index is 0.0280. The zero-order valence-electron chi connectivity index (χ0n) is 37.7. The van der Waals surface area contributed by atoms with Gasteiger partial charge in [-0.05, 0) is 113 Å². The molecule has 4 aromatic rings. The quantitative estimate of drug-likeness (QED) is 0.0475. The summed E-state index contributed by atoms with van der Waals surface area (Å²) in [5, 5.41) is 21.0. The average molecular weight is 927 g/mol. The Morgan fingerprint density at radius 2 is 1.73 bits per heavy atom. The number of fused-ring (bicyclic) bond motifs is 3. The summed E-state index contributed by atoms with van der Waals surface area (Å²) < 4.78 is 46.4. The maximum absolute atomic E-state index is 13.7. The number of methoxy groups -OCH3 is 1. The minimum atomic E-state index is -4.33. The third-order valence-electron chi connectivity index (χ3n) is 13.9. The molecule has 5 atom stereocenters. The molecule has 1 heterocycles. The number of halogens is 1. The van der Waals surface area contributed by atoms with E-state index in [9.17, 15) is 18.3 Å². The molecule has 3 N–H and O–H groups in total. The number of anilines is 1. The fourth-order valence-corrected chi connectivity index (χ4v) is 16.2. The number of nitrogens with two attached hydrogens (primary N) is 1. The number of carbonyl (C=O) groups is 1. The molecule has 0 saturated heterocycles. The highest BCUT2D eigenvalue weighted by Gasteiger charge is 2.54. The van der Waals surface area contributed by atoms with Crippen LogP contribution in [0.2, 0.25) is 10.1 Å². The maximum Gasteiger partial charge on any atom is 0.343 e. The van der Waals surface area contributed by atoms with Gasteiger partial charge >= 0.3 is 5.97 Å². The first-order valence-electron chi connectivity index (χ1n) is 22.4. The van der Waals surface area contributed by atoms with Crippen molar-refractivity contribution in [2.24, 2.45) is 17.0 Å². The molecular formula is C51H64ClN3O7SSi. The Morgan fingerprint density at radius 1 is 1.05 bits per heavy atom. The Bertz CT molecular complexity index is 2380. The third-order valence-corrected chi connectivity index (χ3v) is 20.2. The number of allylic oxidation sites excluding steroid dienone is 1. The van der Waals surface area contributed by atoms with Gasteiger partial charge in [-0.15, -0.1) is 13.2 Å². The van der Waals surface area contributed by atoms with Gasteiger partial charge in [-0.2, -0.15) is 12.7 Å². The first kappa shape index (κ1) is 47.7. The molecule has 1 saturated carbocycles. The van der Waals surface area contributed by atoms with Gasteiger partial charge in [0, 0.05) is 30.1 Å². The SMILES string of the molecule is C=CCCCN(C[C@](O)(C(=O)OC)c1ccc2c(c1)N(C[C@@H]1CC[C@H]1[C@H](C=C)O[Si](c1ccccc1)(c1ccccc1)C(C)(C)C)C[C@@]1(CCCc3cc(Cl)ccc31)CO2)S(N)(=O)=O. The predicted octanol–water partition coefficient (Wildman–Crippen LogP) is 7.80. The number of ether oxygens (including phenoxy) is 2. The van der Waals surface area contributed by atoms with Gasteiger partial charge < -0.3 is 23.9 Å². The number of esters is 1. The van der Waals surface area contributed by atoms with E-state index in [1.54, 1.807) is 24.3 Å². The van der Waals surface area contributed by atoms with Crippen LogP contribution in [0.15, 0.2) is 122 Å². The lowest BCUT2D eigenvalue weighted by atomic mass is 9.68. The standard InChI is InChI=1S/C51H64ClN3O7SSi/c1-7-9-16-30-55(63(53,58)59)35-51(57,48(56)60-6)39-24-28-47-45(32-39)54(34-50(36-61-47)29-17-18-37-31-40(52)25-27-44(37)50)33-38-23-26-43(38)46(8-2)62-64(49(3,4)5,41-19-12-10-13-20-41)42-21-14-11-15-22-42/h7-8,10-15,19-22,24-25,27-28,31-32,38,43,46,57H,1-2,9,16-18,23,26,29-30,33-36H2,3-6H3,(H2,53,58,59)/t38-,43+,46-,50-,51+/m0/s1. The smallest absolute Gasteiger partial charge is 0.343 e. The largest absolute Gasteiger partial charge is 0.490 e. The zero-order valence-corrected chi connectivity index (χ0v) is 40.3. The van der Waals surface area contributed by atoms with Crippen LogP contribution in [-0.2, 0) is 41.6 Å². The van der Waals surface area contributed by atoms with Crippen molar-refractivity contribution in [3.05, 3.63) is 144 Å². The van der Waals surface area contributed by atoms with Crippen molar-refractivity contribution in [2.45, 2.75) is 87.9 Å². The summed E-state index contributed by atoms with van der Waals surface area (Å²) in [7, 11) is -6.09. The lowest BCUT2D eigenvalue weighted by molar-refractivity contribution is -0.164. The van der Waals surface area contributed by atoms with E-state index in [1.165, 1.54) is 28.6 Å². The molecular weight excluding hydrogens is 862 g/mol. The second-order valence-corrected chi connectivity index (χ2v) is 25.2. The van der Waals surface area contributed by atoms with Gasteiger partial charge in [-0.1, -0.05) is 117 Å². The number of hydrogen-bond acceptors (Lipinski definition) is 8. The van der Waals surface area contributed by atoms with Gasteiger partial charge in [0.15, 0.2) is 0 Å². The number of benzene rings is 4. The van der Waals surface area contributed by atoms with E-state index in [-0.39, 0.29) is 35.1 Å². The van der Waals surface area contributed by atoms with E-state index in [4.69, 9.17) is 30.6 Å². The highest BCUT2D eigenvalue weighted by Crippen LogP contribution is 2.49. The number of aryl methyl sites for hydroxylation is 1. The van der Waals surface area contributed by atoms with E-state index < -0.39 is 42.1 Å². The van der Waals surface area contributed by atoms with Crippen molar-refractivity contribution < 1.29 is 32.2 Å². The fourth-order valence-electron chi connectivity index (χ4n) is 10.5. The van der Waals surface area contributed by atoms with Crippen LogP contribution < -0.4 is 25.1 Å². The molecule has 0 bridgehead atoms. The van der Waals surface area contributed by atoms with E-state index in [0.29, 0.717) is 49.0 Å². The van der Waals surface area contributed by atoms with Crippen molar-refractivity contribution in [2.75, 3.05) is 44.8 Å². The number of unbranched alkanes of at least 4 members (excludes halogenated alkanes) is 1. The summed E-state index contributed by atoms with van der Waals surface area (Å²) in [5.74, 6) is -0.0747. The minimum Gasteiger partial charge on any atom is -0.490 e. The summed E-state index contributed by atoms with van der Waals surface area (Å²) in [6.07, 6.45) is 9.02. The molecule has 1 spiro atoms. The summed E-state index contributed by atoms with van der Waals surface area (Å²) in [6.45, 7) is 16.0. The summed E-state index contributed by atoms with van der Waals surface area (Å²) in [6, 6.07) is 32.7. The van der Waals surface area contributed by atoms with Crippen LogP contribution in [0.25, 0.3) is 0 Å². The van der Waals surface area contributed by atoms with Crippen molar-refractivity contribution in [1.29, 1.82) is 0 Å². The van der Waals surface area contributed by atoms with Crippen molar-refractivity contribution >= 4 is 52.2 Å². The molecule has 342 valence electrons. The molecule has 0 aromatic heterocycles. The number of hydrogen-bond donors (Lipinski definition) is 2. The average Bonchev–Trinajstić information content (AvgIpc) is 3.42. The van der Waals surface area contributed by atoms with Crippen LogP contribution in [0.3, 0.4) is 0 Å². The molecule has 0 unspecified atom stereocenters. The number of carbonyl (C=O) groups excluding carboxylic acids is 1. The molecule has 0 radical (unpaired) electrons. The maximum atomic E-state index is 13.7. The van der Waals surface area contributed by atoms with Gasteiger partial charge in [0.1, 0.15) is 5.75 Å². The second kappa shape index (κ2) is 19.3. The summed E-state index contributed by atoms with van der Waals surface area (Å²) in [5.41, 5.74) is 0.485. The van der Waals surface area contributed by atoms with Crippen molar-refractivity contribution in [1.82, 2.24) is 4.31 Å². The van der Waals surface area contributed by atoms with Crippen LogP contribution in [0.1, 0.15) is 76.0 Å². The molecule has 3 aliphatic rings. The zero-order chi connectivity index (χ0) is 45.9. The Hall–Kier alpha value is -4.27. The predicted molar refractivity (Wildman–Crippen MR) is 259 cm³/mol. The van der Waals surface area contributed by atoms with Crippen LogP contribution in [0.4, 0.5) is 5.69 Å². The topological polar surface area (TPSA) is 132 Å². The van der Waals surface area contributed by atoms with E-state index in [1.807, 2.05) is 12.1 Å². The first-order valence-corrected chi connectivity index (χ1v) is 26.2. The van der Waals surface area contributed by atoms with Gasteiger partial charge in [-0.25, -0.2) is 9.93 Å². The molecule has 1 fully saturated rings. The summed E-state index contributed by atoms with van der Waals surface area (Å²) >= 11 is 6.57. The molecule has 64 heavy (non-hydrogen) atoms. The molecule has 2 aliphatic carbocycles. The Kier molecular flexibility index (Phi) is 14.4. The van der Waals surface area contributed by atoms with Crippen LogP contribution in [0, 0.1) is 11.8 Å². The van der Waals surface area contributed by atoms with Crippen LogP contribution in [-0.4, -0.2) is 78.1 Å².